The van der Waals surface area contributed by atoms with Crippen molar-refractivity contribution >= 4 is 5.97 Å². The van der Waals surface area contributed by atoms with Gasteiger partial charge >= 0.3 is 5.97 Å². The molecule has 1 aromatic carbocycles. The van der Waals surface area contributed by atoms with Gasteiger partial charge in [-0.1, -0.05) is 24.3 Å². The van der Waals surface area contributed by atoms with Crippen LogP contribution in [0.2, 0.25) is 0 Å². The number of nitrogens with one attached hydrogen (secondary N) is 1. The lowest BCUT2D eigenvalue weighted by atomic mass is 9.64. The molecule has 2 atom stereocenters. The van der Waals surface area contributed by atoms with E-state index in [1.54, 1.807) is 0 Å². The number of esters is 1. The van der Waals surface area contributed by atoms with E-state index < -0.39 is 0 Å². The van der Waals surface area contributed by atoms with Crippen LogP contribution in [0.4, 0.5) is 0 Å². The van der Waals surface area contributed by atoms with Crippen LogP contribution in [0.5, 0.6) is 0 Å². The molecule has 3 aliphatic carbocycles. The number of rotatable bonds is 2. The van der Waals surface area contributed by atoms with E-state index in [0.717, 1.165) is 6.42 Å². The zero-order valence-corrected chi connectivity index (χ0v) is 11.5. The van der Waals surface area contributed by atoms with Gasteiger partial charge in [0.2, 0.25) is 0 Å². The number of carbonyl (C=O) groups excluding carboxylic acids is 1. The Balaban J connectivity index is 1.87. The topological polar surface area (TPSA) is 42.1 Å². The summed E-state index contributed by atoms with van der Waals surface area (Å²) in [5.41, 5.74) is 5.96. The first-order valence-corrected chi connectivity index (χ1v) is 7.28. The highest BCUT2D eigenvalue weighted by atomic mass is 16.5. The maximum absolute atomic E-state index is 12.1. The normalized spacial score (nSPS) is 22.2. The third-order valence-corrected chi connectivity index (χ3v) is 4.65. The fourth-order valence-corrected chi connectivity index (χ4v) is 3.90. The fraction of sp³-hybridized carbons (Fsp3) is 0.353. The van der Waals surface area contributed by atoms with Crippen molar-refractivity contribution in [1.82, 2.24) is 4.98 Å². The summed E-state index contributed by atoms with van der Waals surface area (Å²) in [4.78, 5) is 15.3. The number of ether oxygens (including phenoxy) is 1. The molecule has 102 valence electrons. The molecule has 0 aliphatic heterocycles. The molecule has 0 saturated carbocycles. The Kier molecular flexibility index (Phi) is 2.49. The van der Waals surface area contributed by atoms with Crippen LogP contribution in [0.3, 0.4) is 0 Å². The second kappa shape index (κ2) is 4.23. The van der Waals surface area contributed by atoms with E-state index >= 15 is 0 Å². The molecule has 20 heavy (non-hydrogen) atoms. The van der Waals surface area contributed by atoms with Crippen molar-refractivity contribution in [3.8, 4) is 0 Å². The average Bonchev–Trinajstić information content (AvgIpc) is 2.94. The monoisotopic (exact) mass is 267 g/mol. The van der Waals surface area contributed by atoms with E-state index in [9.17, 15) is 4.79 Å². The van der Waals surface area contributed by atoms with Crippen LogP contribution in [0.1, 0.15) is 64.3 Å². The van der Waals surface area contributed by atoms with E-state index in [1.165, 1.54) is 28.7 Å². The Bertz CT molecular complexity index is 686. The maximum atomic E-state index is 12.1. The van der Waals surface area contributed by atoms with Crippen LogP contribution in [0.15, 0.2) is 30.5 Å². The first kappa shape index (κ1) is 11.8. The smallest absolute Gasteiger partial charge is 0.355 e. The standard InChI is InChI=1S/C17H17NO2/c1-2-20-17(19)16-15-13-8-7-12(14(15)9-18-16)10-5-3-4-6-11(10)13/h3-6,9,12-13,18H,2,7-8H2,1H3. The zero-order chi connectivity index (χ0) is 13.7. The molecule has 2 unspecified atom stereocenters. The Morgan fingerprint density at radius 2 is 1.90 bits per heavy atom. The van der Waals surface area contributed by atoms with Gasteiger partial charge in [0.15, 0.2) is 0 Å². The van der Waals surface area contributed by atoms with Crippen LogP contribution < -0.4 is 0 Å². The molecule has 0 radical (unpaired) electrons. The van der Waals surface area contributed by atoms with Crippen LogP contribution in [-0.2, 0) is 4.74 Å². The lowest BCUT2D eigenvalue weighted by molar-refractivity contribution is 0.0518. The third kappa shape index (κ3) is 1.43. The SMILES string of the molecule is CCOC(=O)c1[nH]cc2c1C1CCC2c2ccccc21. The van der Waals surface area contributed by atoms with Crippen molar-refractivity contribution in [2.45, 2.75) is 31.6 Å². The molecule has 0 fully saturated rings. The minimum atomic E-state index is -0.223. The van der Waals surface area contributed by atoms with Crippen molar-refractivity contribution in [1.29, 1.82) is 0 Å². The second-order valence-electron chi connectivity index (χ2n) is 5.56. The van der Waals surface area contributed by atoms with Gasteiger partial charge in [-0.25, -0.2) is 4.79 Å². The van der Waals surface area contributed by atoms with Gasteiger partial charge in [-0.2, -0.15) is 0 Å². The van der Waals surface area contributed by atoms with E-state index in [1.807, 2.05) is 13.1 Å². The van der Waals surface area contributed by atoms with Crippen molar-refractivity contribution in [2.75, 3.05) is 6.61 Å². The molecule has 3 nitrogen and oxygen atoms in total. The molecule has 2 bridgehead atoms. The molecular weight excluding hydrogens is 250 g/mol. The summed E-state index contributed by atoms with van der Waals surface area (Å²) >= 11 is 0. The second-order valence-corrected chi connectivity index (χ2v) is 5.56. The van der Waals surface area contributed by atoms with E-state index in [4.69, 9.17) is 4.74 Å². The summed E-state index contributed by atoms with van der Waals surface area (Å²) in [6.07, 6.45) is 4.31. The van der Waals surface area contributed by atoms with Crippen LogP contribution >= 0.6 is 0 Å². The van der Waals surface area contributed by atoms with Crippen LogP contribution in [0, 0.1) is 0 Å². The number of hydrogen-bond donors (Lipinski definition) is 1. The molecule has 0 spiro atoms. The van der Waals surface area contributed by atoms with Gasteiger partial charge in [-0.15, -0.1) is 0 Å². The Labute approximate surface area is 118 Å². The van der Waals surface area contributed by atoms with E-state index in [-0.39, 0.29) is 5.97 Å². The van der Waals surface area contributed by atoms with Gasteiger partial charge in [-0.3, -0.25) is 0 Å². The van der Waals surface area contributed by atoms with Crippen LogP contribution in [0.25, 0.3) is 0 Å². The highest BCUT2D eigenvalue weighted by Gasteiger charge is 2.40. The minimum Gasteiger partial charge on any atom is -0.461 e. The summed E-state index contributed by atoms with van der Waals surface area (Å²) in [5, 5.41) is 0. The summed E-state index contributed by atoms with van der Waals surface area (Å²) in [7, 11) is 0. The number of hydrogen-bond acceptors (Lipinski definition) is 2. The van der Waals surface area contributed by atoms with Crippen molar-refractivity contribution < 1.29 is 9.53 Å². The van der Waals surface area contributed by atoms with Gasteiger partial charge in [0.25, 0.3) is 0 Å². The number of aromatic nitrogens is 1. The largest absolute Gasteiger partial charge is 0.461 e. The maximum Gasteiger partial charge on any atom is 0.355 e. The molecule has 0 saturated heterocycles. The van der Waals surface area contributed by atoms with Crippen LogP contribution in [-0.4, -0.2) is 17.6 Å². The molecule has 3 heteroatoms. The Hall–Kier alpha value is -2.03. The molecule has 1 heterocycles. The molecule has 3 aliphatic rings. The highest BCUT2D eigenvalue weighted by molar-refractivity contribution is 5.90. The summed E-state index contributed by atoms with van der Waals surface area (Å²) in [6, 6.07) is 8.64. The number of fused-ring (bicyclic) bond motifs is 1. The Morgan fingerprint density at radius 1 is 1.20 bits per heavy atom. The zero-order valence-electron chi connectivity index (χ0n) is 11.5. The molecular formula is C17H17NO2. The molecule has 1 N–H and O–H groups in total. The van der Waals surface area contributed by atoms with Crippen molar-refractivity contribution in [3.63, 3.8) is 0 Å². The number of H-pyrrole nitrogens is 1. The van der Waals surface area contributed by atoms with Gasteiger partial charge in [0.1, 0.15) is 5.69 Å². The fourth-order valence-electron chi connectivity index (χ4n) is 3.90. The van der Waals surface area contributed by atoms with Gasteiger partial charge < -0.3 is 9.72 Å². The molecule has 0 amide bonds. The lowest BCUT2D eigenvalue weighted by Crippen LogP contribution is -2.25. The van der Waals surface area contributed by atoms with Gasteiger partial charge in [-0.05, 0) is 42.0 Å². The number of carbonyl (C=O) groups is 1. The molecule has 1 aromatic heterocycles. The summed E-state index contributed by atoms with van der Waals surface area (Å²) in [6.45, 7) is 2.26. The Morgan fingerprint density at radius 3 is 2.65 bits per heavy atom. The lowest BCUT2D eigenvalue weighted by Gasteiger charge is -2.38. The first-order chi connectivity index (χ1) is 9.81. The predicted molar refractivity (Wildman–Crippen MR) is 76.1 cm³/mol. The molecule has 2 aromatic rings. The van der Waals surface area contributed by atoms with Gasteiger partial charge in [0.05, 0.1) is 6.61 Å². The number of aromatic amines is 1. The van der Waals surface area contributed by atoms with E-state index in [0.29, 0.717) is 24.1 Å². The summed E-state index contributed by atoms with van der Waals surface area (Å²) < 4.78 is 5.18. The minimum absolute atomic E-state index is 0.223. The summed E-state index contributed by atoms with van der Waals surface area (Å²) in [5.74, 6) is 0.557. The quantitative estimate of drug-likeness (QED) is 0.845. The first-order valence-electron chi connectivity index (χ1n) is 7.28. The van der Waals surface area contributed by atoms with Gasteiger partial charge in [0, 0.05) is 18.0 Å². The van der Waals surface area contributed by atoms with Crippen molar-refractivity contribution in [2.24, 2.45) is 0 Å². The average molecular weight is 267 g/mol. The van der Waals surface area contributed by atoms with Crippen molar-refractivity contribution in [3.05, 3.63) is 58.4 Å². The van der Waals surface area contributed by atoms with E-state index in [2.05, 4.69) is 29.2 Å². The predicted octanol–water partition coefficient (Wildman–Crippen LogP) is 3.56. The highest BCUT2D eigenvalue weighted by Crippen LogP contribution is 2.53. The molecule has 5 rings (SSSR count). The number of benzene rings is 1. The third-order valence-electron chi connectivity index (χ3n) is 4.65.